The van der Waals surface area contributed by atoms with Crippen molar-refractivity contribution in [2.45, 2.75) is 149 Å². The number of aliphatic carboxylic acids is 2. The third-order valence-electron chi connectivity index (χ3n) is 15.3. The fourth-order valence-corrected chi connectivity index (χ4v) is 12.2. The van der Waals surface area contributed by atoms with Crippen molar-refractivity contribution in [3.63, 3.8) is 0 Å². The molecule has 6 rings (SSSR count). The van der Waals surface area contributed by atoms with Gasteiger partial charge in [-0.25, -0.2) is 4.79 Å². The number of ether oxygens (including phenoxy) is 2. The number of aliphatic hydroxyl groups excluding tert-OH is 4. The van der Waals surface area contributed by atoms with Crippen molar-refractivity contribution in [3.05, 3.63) is 11.6 Å². The summed E-state index contributed by atoms with van der Waals surface area (Å²) in [5.41, 5.74) is -0.930. The molecule has 46 heavy (non-hydrogen) atoms. The highest BCUT2D eigenvalue weighted by molar-refractivity contribution is 5.77. The standard InChI is InChI=1S/C36H56O10/c1-31(2)14-16-36(30(43)44)17-15-34(6)18(22(36)27(31)40)8-9-20-33(5)12-11-21(32(3,4)19(33)10-13-35(20,34)7)45-29-25(39)23(37)24(38)26(46-29)28(41)42/h8,19-27,29,37-40H,9-17H2,1-7H3,(H,41,42)(H,43,44)/t19-,20+,21-,22+,23-,24-,25+,26-,27+,29+,33-,34+,35+,36-/m0/s1. The van der Waals surface area contributed by atoms with Crippen LogP contribution in [0.5, 0.6) is 0 Å². The molecule has 6 N–H and O–H groups in total. The van der Waals surface area contributed by atoms with Crippen molar-refractivity contribution in [2.24, 2.45) is 50.2 Å². The predicted octanol–water partition coefficient (Wildman–Crippen LogP) is 4.12. The molecule has 0 aromatic carbocycles. The maximum absolute atomic E-state index is 13.0. The summed E-state index contributed by atoms with van der Waals surface area (Å²) in [6.45, 7) is 15.6. The summed E-state index contributed by atoms with van der Waals surface area (Å²) in [6.07, 6.45) is -0.0921. The molecule has 14 atom stereocenters. The number of carboxylic acid groups (broad SMARTS) is 2. The van der Waals surface area contributed by atoms with Crippen molar-refractivity contribution in [2.75, 3.05) is 0 Å². The van der Waals surface area contributed by atoms with E-state index in [0.717, 1.165) is 37.7 Å². The molecular formula is C36H56O10. The molecule has 0 radical (unpaired) electrons. The second-order valence-electron chi connectivity index (χ2n) is 17.9. The molecule has 0 unspecified atom stereocenters. The van der Waals surface area contributed by atoms with Crippen LogP contribution in [-0.4, -0.2) is 85.5 Å². The van der Waals surface area contributed by atoms with Crippen LogP contribution in [-0.2, 0) is 19.1 Å². The Morgan fingerprint density at radius 2 is 1.46 bits per heavy atom. The van der Waals surface area contributed by atoms with Crippen molar-refractivity contribution >= 4 is 11.9 Å². The summed E-state index contributed by atoms with van der Waals surface area (Å²) in [6, 6.07) is 0. The predicted molar refractivity (Wildman–Crippen MR) is 167 cm³/mol. The number of allylic oxidation sites excluding steroid dienone is 1. The summed E-state index contributed by atoms with van der Waals surface area (Å²) < 4.78 is 11.9. The zero-order valence-corrected chi connectivity index (χ0v) is 28.5. The summed E-state index contributed by atoms with van der Waals surface area (Å²) in [5, 5.41) is 63.2. The Hall–Kier alpha value is -1.56. The summed E-state index contributed by atoms with van der Waals surface area (Å²) in [5.74, 6) is -2.05. The number of carboxylic acids is 2. The first-order valence-electron chi connectivity index (χ1n) is 17.4. The Balaban J connectivity index is 1.31. The van der Waals surface area contributed by atoms with Crippen molar-refractivity contribution < 1.29 is 49.7 Å². The maximum atomic E-state index is 13.0. The lowest BCUT2D eigenvalue weighted by Gasteiger charge is -2.71. The third kappa shape index (κ3) is 4.42. The maximum Gasteiger partial charge on any atom is 0.335 e. The number of rotatable bonds is 4. The van der Waals surface area contributed by atoms with E-state index in [-0.39, 0.29) is 39.1 Å². The smallest absolute Gasteiger partial charge is 0.335 e. The van der Waals surface area contributed by atoms with Gasteiger partial charge in [-0.2, -0.15) is 0 Å². The highest BCUT2D eigenvalue weighted by atomic mass is 16.7. The minimum atomic E-state index is -1.77. The van der Waals surface area contributed by atoms with Gasteiger partial charge in [0.2, 0.25) is 0 Å². The summed E-state index contributed by atoms with van der Waals surface area (Å²) in [4.78, 5) is 24.7. The summed E-state index contributed by atoms with van der Waals surface area (Å²) in [7, 11) is 0. The average molecular weight is 649 g/mol. The van der Waals surface area contributed by atoms with Gasteiger partial charge >= 0.3 is 11.9 Å². The quantitative estimate of drug-likeness (QED) is 0.192. The molecule has 4 saturated carbocycles. The van der Waals surface area contributed by atoms with E-state index in [1.165, 1.54) is 0 Å². The zero-order chi connectivity index (χ0) is 34.0. The Kier molecular flexibility index (Phi) is 7.99. The van der Waals surface area contributed by atoms with Crippen LogP contribution in [0.25, 0.3) is 0 Å². The van der Waals surface area contributed by atoms with Crippen LogP contribution in [0.4, 0.5) is 0 Å². The van der Waals surface area contributed by atoms with Crippen LogP contribution in [0.2, 0.25) is 0 Å². The topological polar surface area (TPSA) is 174 Å². The fraction of sp³-hybridized carbons (Fsp3) is 0.889. The molecule has 5 fully saturated rings. The first-order valence-corrected chi connectivity index (χ1v) is 17.4. The molecule has 6 aliphatic rings. The molecule has 1 saturated heterocycles. The molecule has 5 aliphatic carbocycles. The van der Waals surface area contributed by atoms with Gasteiger partial charge in [0.15, 0.2) is 12.4 Å². The molecule has 1 aliphatic heterocycles. The Morgan fingerprint density at radius 1 is 0.804 bits per heavy atom. The number of fused-ring (bicyclic) bond motifs is 7. The molecule has 0 aromatic heterocycles. The van der Waals surface area contributed by atoms with Crippen molar-refractivity contribution in [3.8, 4) is 0 Å². The van der Waals surface area contributed by atoms with Crippen molar-refractivity contribution in [1.82, 2.24) is 0 Å². The molecule has 10 nitrogen and oxygen atoms in total. The van der Waals surface area contributed by atoms with Gasteiger partial charge < -0.3 is 40.1 Å². The van der Waals surface area contributed by atoms with Crippen LogP contribution in [0.3, 0.4) is 0 Å². The molecule has 0 aromatic rings. The zero-order valence-electron chi connectivity index (χ0n) is 28.5. The molecule has 0 spiro atoms. The third-order valence-corrected chi connectivity index (χ3v) is 15.3. The van der Waals surface area contributed by atoms with Crippen molar-refractivity contribution in [1.29, 1.82) is 0 Å². The lowest BCUT2D eigenvalue weighted by Crippen LogP contribution is -2.67. The highest BCUT2D eigenvalue weighted by Gasteiger charge is 2.71. The van der Waals surface area contributed by atoms with Crippen LogP contribution in [0.1, 0.15) is 106 Å². The van der Waals surface area contributed by atoms with E-state index in [4.69, 9.17) is 9.47 Å². The van der Waals surface area contributed by atoms with Gasteiger partial charge in [0.1, 0.15) is 18.3 Å². The van der Waals surface area contributed by atoms with Gasteiger partial charge in [-0.3, -0.25) is 4.79 Å². The Bertz CT molecular complexity index is 1290. The van der Waals surface area contributed by atoms with E-state index in [1.807, 2.05) is 0 Å². The van der Waals surface area contributed by atoms with Crippen LogP contribution >= 0.6 is 0 Å². The minimum Gasteiger partial charge on any atom is -0.481 e. The number of carbonyl (C=O) groups is 2. The van der Waals surface area contributed by atoms with Gasteiger partial charge in [-0.1, -0.05) is 60.1 Å². The van der Waals surface area contributed by atoms with Gasteiger partial charge in [0, 0.05) is 5.92 Å². The lowest BCUT2D eigenvalue weighted by atomic mass is 9.33. The van der Waals surface area contributed by atoms with E-state index in [0.29, 0.717) is 31.6 Å². The minimum absolute atomic E-state index is 0.0709. The number of aliphatic hydroxyl groups is 4. The first kappa shape index (κ1) is 34.3. The molecule has 0 amide bonds. The molecule has 0 bridgehead atoms. The summed E-state index contributed by atoms with van der Waals surface area (Å²) >= 11 is 0. The number of hydrogen-bond donors (Lipinski definition) is 6. The largest absolute Gasteiger partial charge is 0.481 e. The second kappa shape index (κ2) is 10.7. The second-order valence-corrected chi connectivity index (χ2v) is 17.9. The highest BCUT2D eigenvalue weighted by Crippen LogP contribution is 2.76. The molecule has 260 valence electrons. The van der Waals surface area contributed by atoms with E-state index < -0.39 is 60.1 Å². The van der Waals surface area contributed by atoms with Crippen LogP contribution in [0, 0.1) is 50.2 Å². The van der Waals surface area contributed by atoms with Crippen LogP contribution in [0.15, 0.2) is 11.6 Å². The molecular weight excluding hydrogens is 592 g/mol. The lowest BCUT2D eigenvalue weighted by molar-refractivity contribution is -0.324. The van der Waals surface area contributed by atoms with Gasteiger partial charge in [0.05, 0.1) is 17.6 Å². The normalized spacial score (nSPS) is 52.6. The monoisotopic (exact) mass is 648 g/mol. The van der Waals surface area contributed by atoms with Gasteiger partial charge in [-0.15, -0.1) is 0 Å². The first-order chi connectivity index (χ1) is 21.2. The number of hydrogen-bond acceptors (Lipinski definition) is 8. The SMILES string of the molecule is CC1(C)CC[C@]2(C(=O)O)CC[C@]3(C)C(=CC[C@@H]4[C@@]5(C)CC[C@H](O[C@@H]6O[C@H](C(=O)O)[C@@H](O)[C@H](O)[C@H]6O)C(C)(C)[C@@H]5CC[C@]43C)[C@@H]2[C@H]1O. The molecule has 1 heterocycles. The Labute approximate surface area is 272 Å². The average Bonchev–Trinajstić information content (AvgIpc) is 2.96. The van der Waals surface area contributed by atoms with Gasteiger partial charge in [-0.05, 0) is 96.7 Å². The van der Waals surface area contributed by atoms with E-state index in [9.17, 15) is 40.2 Å². The van der Waals surface area contributed by atoms with E-state index >= 15 is 0 Å². The van der Waals surface area contributed by atoms with Crippen LogP contribution < -0.4 is 0 Å². The van der Waals surface area contributed by atoms with E-state index in [1.54, 1.807) is 0 Å². The fourth-order valence-electron chi connectivity index (χ4n) is 12.2. The molecule has 10 heteroatoms. The Morgan fingerprint density at radius 3 is 2.09 bits per heavy atom. The van der Waals surface area contributed by atoms with Gasteiger partial charge in [0.25, 0.3) is 0 Å². The van der Waals surface area contributed by atoms with E-state index in [2.05, 4.69) is 54.5 Å².